The molecule has 1 N–H and O–H groups in total. The summed E-state index contributed by atoms with van der Waals surface area (Å²) in [5.41, 5.74) is 2.69. The zero-order chi connectivity index (χ0) is 14.7. The molecule has 0 saturated heterocycles. The molecule has 2 rings (SSSR count). The Morgan fingerprint density at radius 3 is 2.55 bits per heavy atom. The molecule has 1 aromatic carbocycles. The summed E-state index contributed by atoms with van der Waals surface area (Å²) in [5, 5.41) is 4.60. The van der Waals surface area contributed by atoms with Gasteiger partial charge in [0.15, 0.2) is 5.82 Å². The smallest absolute Gasteiger partial charge is 0.166 e. The minimum absolute atomic E-state index is 0.0812. The highest BCUT2D eigenvalue weighted by atomic mass is 35.5. The van der Waals surface area contributed by atoms with E-state index >= 15 is 0 Å². The summed E-state index contributed by atoms with van der Waals surface area (Å²) in [5.74, 6) is -0.291. The van der Waals surface area contributed by atoms with Crippen molar-refractivity contribution in [2.75, 3.05) is 5.43 Å². The maximum Gasteiger partial charge on any atom is 0.166 e. The van der Waals surface area contributed by atoms with Crippen LogP contribution in [0.4, 0.5) is 10.2 Å². The van der Waals surface area contributed by atoms with Crippen molar-refractivity contribution in [3.8, 4) is 0 Å². The van der Waals surface area contributed by atoms with Gasteiger partial charge in [-0.1, -0.05) is 52.5 Å². The molecule has 20 heavy (non-hydrogen) atoms. The van der Waals surface area contributed by atoms with Gasteiger partial charge in [0.05, 0.1) is 21.3 Å². The average molecular weight is 353 g/mol. The number of nitrogens with zero attached hydrogens (tertiary/aromatic N) is 2. The van der Waals surface area contributed by atoms with Crippen LogP contribution in [0, 0.1) is 5.82 Å². The van der Waals surface area contributed by atoms with E-state index in [1.54, 1.807) is 6.07 Å². The largest absolute Gasteiger partial charge is 0.260 e. The Kier molecular flexibility index (Phi) is 5.05. The first-order valence-corrected chi connectivity index (χ1v) is 6.75. The van der Waals surface area contributed by atoms with Gasteiger partial charge in [-0.3, -0.25) is 5.43 Å². The summed E-state index contributed by atoms with van der Waals surface area (Å²) in [6.45, 7) is 0. The summed E-state index contributed by atoms with van der Waals surface area (Å²) in [4.78, 5) is 3.90. The molecule has 104 valence electrons. The number of halogens is 5. The quantitative estimate of drug-likeness (QED) is 0.463. The fourth-order valence-electron chi connectivity index (χ4n) is 1.31. The van der Waals surface area contributed by atoms with Crippen molar-refractivity contribution in [1.29, 1.82) is 0 Å². The number of anilines is 1. The number of rotatable bonds is 3. The van der Waals surface area contributed by atoms with E-state index in [9.17, 15) is 4.39 Å². The molecule has 1 aromatic heterocycles. The highest BCUT2D eigenvalue weighted by molar-refractivity contribution is 6.42. The monoisotopic (exact) mass is 351 g/mol. The Balaban J connectivity index is 2.21. The lowest BCUT2D eigenvalue weighted by molar-refractivity contribution is 0.626. The number of pyridine rings is 1. The fraction of sp³-hybridized carbons (Fsp3) is 0. The van der Waals surface area contributed by atoms with Crippen LogP contribution in [-0.2, 0) is 0 Å². The third-order valence-corrected chi connectivity index (χ3v) is 3.54. The van der Waals surface area contributed by atoms with E-state index < -0.39 is 5.82 Å². The van der Waals surface area contributed by atoms with E-state index in [1.807, 2.05) is 0 Å². The molecule has 0 bridgehead atoms. The third kappa shape index (κ3) is 3.52. The second kappa shape index (κ2) is 6.59. The first-order valence-electron chi connectivity index (χ1n) is 5.23. The Bertz CT molecular complexity index is 656. The van der Waals surface area contributed by atoms with Crippen LogP contribution in [0.25, 0.3) is 0 Å². The van der Waals surface area contributed by atoms with Crippen molar-refractivity contribution in [3.63, 3.8) is 0 Å². The van der Waals surface area contributed by atoms with Gasteiger partial charge in [-0.15, -0.1) is 0 Å². The van der Waals surface area contributed by atoms with E-state index in [0.717, 1.165) is 0 Å². The van der Waals surface area contributed by atoms with Gasteiger partial charge < -0.3 is 0 Å². The molecule has 0 amide bonds. The van der Waals surface area contributed by atoms with Gasteiger partial charge >= 0.3 is 0 Å². The lowest BCUT2D eigenvalue weighted by atomic mass is 10.2. The molecule has 0 aliphatic rings. The van der Waals surface area contributed by atoms with E-state index in [0.29, 0.717) is 0 Å². The number of aromatic nitrogens is 1. The zero-order valence-corrected chi connectivity index (χ0v) is 12.7. The zero-order valence-electron chi connectivity index (χ0n) is 9.67. The Morgan fingerprint density at radius 1 is 1.10 bits per heavy atom. The third-order valence-electron chi connectivity index (χ3n) is 2.25. The topological polar surface area (TPSA) is 37.3 Å². The second-order valence-electron chi connectivity index (χ2n) is 3.60. The van der Waals surface area contributed by atoms with Crippen molar-refractivity contribution in [1.82, 2.24) is 4.98 Å². The van der Waals surface area contributed by atoms with Crippen LogP contribution in [0.1, 0.15) is 5.56 Å². The second-order valence-corrected chi connectivity index (χ2v) is 5.18. The molecule has 0 saturated carbocycles. The Hall–Kier alpha value is -1.07. The standard InChI is InChI=1S/C12H6Cl4FN3/c13-7-2-1-3-10(17)6(7)5-18-20-12-9(15)4-8(14)11(16)19-12/h1-5H,(H,19,20)/b18-5-. The van der Waals surface area contributed by atoms with Gasteiger partial charge in [0, 0.05) is 5.56 Å². The van der Waals surface area contributed by atoms with Crippen LogP contribution in [0.2, 0.25) is 20.2 Å². The van der Waals surface area contributed by atoms with Crippen molar-refractivity contribution in [2.45, 2.75) is 0 Å². The first-order chi connectivity index (χ1) is 9.49. The lowest BCUT2D eigenvalue weighted by Gasteiger charge is -2.04. The van der Waals surface area contributed by atoms with Crippen LogP contribution in [-0.4, -0.2) is 11.2 Å². The molecule has 0 spiro atoms. The molecule has 8 heteroatoms. The van der Waals surface area contributed by atoms with Gasteiger partial charge in [0.2, 0.25) is 0 Å². The number of hydrogen-bond donors (Lipinski definition) is 1. The molecule has 0 aliphatic carbocycles. The van der Waals surface area contributed by atoms with Gasteiger partial charge in [-0.2, -0.15) is 5.10 Å². The van der Waals surface area contributed by atoms with Crippen molar-refractivity contribution >= 4 is 58.4 Å². The van der Waals surface area contributed by atoms with Crippen LogP contribution in [0.5, 0.6) is 0 Å². The predicted octanol–water partition coefficient (Wildman–Crippen LogP) is 5.28. The molecular weight excluding hydrogens is 347 g/mol. The van der Waals surface area contributed by atoms with Gasteiger partial charge in [0.25, 0.3) is 0 Å². The van der Waals surface area contributed by atoms with Crippen LogP contribution in [0.3, 0.4) is 0 Å². The molecule has 0 fully saturated rings. The molecular formula is C12H6Cl4FN3. The SMILES string of the molecule is Fc1cccc(Cl)c1/C=N\Nc1nc(Cl)c(Cl)cc1Cl. The van der Waals surface area contributed by atoms with Crippen LogP contribution < -0.4 is 5.43 Å². The molecule has 2 aromatic rings. The predicted molar refractivity (Wildman–Crippen MR) is 81.9 cm³/mol. The first kappa shape index (κ1) is 15.3. The molecule has 1 heterocycles. The normalized spacial score (nSPS) is 11.1. The van der Waals surface area contributed by atoms with Gasteiger partial charge in [-0.25, -0.2) is 9.37 Å². The van der Waals surface area contributed by atoms with Gasteiger partial charge in [0.1, 0.15) is 11.0 Å². The van der Waals surface area contributed by atoms with Crippen LogP contribution in [0.15, 0.2) is 29.4 Å². The summed E-state index contributed by atoms with van der Waals surface area (Å²) in [6.07, 6.45) is 1.22. The summed E-state index contributed by atoms with van der Waals surface area (Å²) >= 11 is 23.3. The lowest BCUT2D eigenvalue weighted by Crippen LogP contribution is -1.97. The Morgan fingerprint density at radius 2 is 1.85 bits per heavy atom. The minimum atomic E-state index is -0.490. The number of hydrogen-bond acceptors (Lipinski definition) is 3. The molecule has 0 unspecified atom stereocenters. The van der Waals surface area contributed by atoms with Crippen molar-refractivity contribution < 1.29 is 4.39 Å². The van der Waals surface area contributed by atoms with E-state index in [-0.39, 0.29) is 31.6 Å². The van der Waals surface area contributed by atoms with E-state index in [2.05, 4.69) is 15.5 Å². The molecule has 0 aliphatic heterocycles. The Labute approximate surface area is 134 Å². The average Bonchev–Trinajstić information content (AvgIpc) is 2.39. The van der Waals surface area contributed by atoms with Crippen molar-refractivity contribution in [3.05, 3.63) is 55.9 Å². The highest BCUT2D eigenvalue weighted by Gasteiger charge is 2.07. The summed E-state index contributed by atoms with van der Waals surface area (Å²) in [7, 11) is 0. The van der Waals surface area contributed by atoms with E-state index in [1.165, 1.54) is 24.4 Å². The number of nitrogens with one attached hydrogen (secondary N) is 1. The number of benzene rings is 1. The number of hydrazone groups is 1. The minimum Gasteiger partial charge on any atom is -0.260 e. The fourth-order valence-corrected chi connectivity index (χ4v) is 2.07. The van der Waals surface area contributed by atoms with Crippen LogP contribution >= 0.6 is 46.4 Å². The summed E-state index contributed by atoms with van der Waals surface area (Å²) in [6, 6.07) is 5.75. The van der Waals surface area contributed by atoms with E-state index in [4.69, 9.17) is 46.4 Å². The summed E-state index contributed by atoms with van der Waals surface area (Å²) < 4.78 is 13.5. The van der Waals surface area contributed by atoms with Crippen molar-refractivity contribution in [2.24, 2.45) is 5.10 Å². The molecule has 3 nitrogen and oxygen atoms in total. The maximum absolute atomic E-state index is 13.5. The highest BCUT2D eigenvalue weighted by Crippen LogP contribution is 2.28. The molecule has 0 atom stereocenters. The molecule has 0 radical (unpaired) electrons. The van der Waals surface area contributed by atoms with Gasteiger partial charge in [-0.05, 0) is 18.2 Å². The maximum atomic E-state index is 13.5.